The highest BCUT2D eigenvalue weighted by Crippen LogP contribution is 2.21. The minimum absolute atomic E-state index is 0.154. The molecule has 0 atom stereocenters. The molecule has 0 aliphatic carbocycles. The van der Waals surface area contributed by atoms with E-state index in [0.717, 1.165) is 0 Å². The monoisotopic (exact) mass is 229 g/mol. The van der Waals surface area contributed by atoms with E-state index in [4.69, 9.17) is 4.55 Å². The molecule has 4 nitrogen and oxygen atoms in total. The van der Waals surface area contributed by atoms with Gasteiger partial charge in [0.1, 0.15) is 0 Å². The lowest BCUT2D eigenvalue weighted by Crippen LogP contribution is -1.97. The van der Waals surface area contributed by atoms with Crippen LogP contribution in [-0.2, 0) is 10.1 Å². The van der Waals surface area contributed by atoms with Gasteiger partial charge < -0.3 is 0 Å². The molecule has 1 aromatic rings. The number of benzene rings is 1. The van der Waals surface area contributed by atoms with Crippen LogP contribution in [0.1, 0.15) is 5.56 Å². The van der Waals surface area contributed by atoms with Crippen LogP contribution in [0, 0.1) is 6.92 Å². The van der Waals surface area contributed by atoms with Gasteiger partial charge in [0.2, 0.25) is 0 Å². The lowest BCUT2D eigenvalue weighted by molar-refractivity contribution is 0.483. The second-order valence-electron chi connectivity index (χ2n) is 2.63. The molecule has 0 aromatic heterocycles. The van der Waals surface area contributed by atoms with E-state index < -0.39 is 10.1 Å². The standard InChI is InChI=1S/C8H7NO3S2/c1-6-4-7(14(10,11)12)2-3-8(6)9-5-13/h2-4H,1H3,(H,10,11,12). The van der Waals surface area contributed by atoms with Gasteiger partial charge in [-0.2, -0.15) is 13.4 Å². The molecule has 0 amide bonds. The average molecular weight is 229 g/mol. The van der Waals surface area contributed by atoms with Gasteiger partial charge in [-0.25, -0.2) is 0 Å². The Bertz CT molecular complexity index is 501. The highest BCUT2D eigenvalue weighted by molar-refractivity contribution is 7.85. The third-order valence-corrected chi connectivity index (χ3v) is 2.57. The molecule has 0 heterocycles. The van der Waals surface area contributed by atoms with E-state index in [1.54, 1.807) is 6.92 Å². The molecule has 74 valence electrons. The van der Waals surface area contributed by atoms with Crippen LogP contribution in [0.2, 0.25) is 0 Å². The molecule has 0 saturated carbocycles. The second-order valence-corrected chi connectivity index (χ2v) is 4.23. The lowest BCUT2D eigenvalue weighted by Gasteiger charge is -2.00. The number of aryl methyl sites for hydroxylation is 1. The molecule has 0 saturated heterocycles. The molecule has 6 heteroatoms. The van der Waals surface area contributed by atoms with Crippen LogP contribution < -0.4 is 0 Å². The summed E-state index contributed by atoms with van der Waals surface area (Å²) in [5.41, 5.74) is 1.14. The van der Waals surface area contributed by atoms with Crippen molar-refractivity contribution < 1.29 is 13.0 Å². The molecular formula is C8H7NO3S2. The Balaban J connectivity index is 3.33. The number of nitrogens with zero attached hydrogens (tertiary/aromatic N) is 1. The molecule has 0 unspecified atom stereocenters. The maximum atomic E-state index is 10.7. The first-order valence-corrected chi connectivity index (χ1v) is 5.46. The quantitative estimate of drug-likeness (QED) is 0.478. The fourth-order valence-corrected chi connectivity index (χ4v) is 1.63. The number of thiocarbonyl (C=S) groups is 1. The summed E-state index contributed by atoms with van der Waals surface area (Å²) in [6.45, 7) is 1.67. The van der Waals surface area contributed by atoms with Crippen LogP contribution in [0.15, 0.2) is 28.1 Å². The smallest absolute Gasteiger partial charge is 0.282 e. The van der Waals surface area contributed by atoms with Crippen LogP contribution in [0.5, 0.6) is 0 Å². The Hall–Kier alpha value is -1.07. The largest absolute Gasteiger partial charge is 0.294 e. The zero-order chi connectivity index (χ0) is 10.8. The summed E-state index contributed by atoms with van der Waals surface area (Å²) < 4.78 is 30.2. The molecular weight excluding hydrogens is 222 g/mol. The predicted molar refractivity (Wildman–Crippen MR) is 55.7 cm³/mol. The van der Waals surface area contributed by atoms with Gasteiger partial charge in [0.05, 0.1) is 15.7 Å². The van der Waals surface area contributed by atoms with Crippen molar-refractivity contribution in [2.24, 2.45) is 4.99 Å². The van der Waals surface area contributed by atoms with Crippen molar-refractivity contribution in [2.45, 2.75) is 11.8 Å². The fraction of sp³-hybridized carbons (Fsp3) is 0.125. The van der Waals surface area contributed by atoms with Gasteiger partial charge in [-0.3, -0.25) is 4.55 Å². The molecule has 14 heavy (non-hydrogen) atoms. The minimum Gasteiger partial charge on any atom is -0.282 e. The number of isothiocyanates is 1. The van der Waals surface area contributed by atoms with E-state index in [0.29, 0.717) is 11.3 Å². The molecule has 0 aliphatic heterocycles. The summed E-state index contributed by atoms with van der Waals surface area (Å²) in [4.78, 5) is 3.56. The first-order chi connectivity index (χ1) is 6.45. The summed E-state index contributed by atoms with van der Waals surface area (Å²) in [5, 5.41) is 2.18. The van der Waals surface area contributed by atoms with Gasteiger partial charge in [-0.15, -0.1) is 0 Å². The summed E-state index contributed by atoms with van der Waals surface area (Å²) in [6.07, 6.45) is 0. The Morgan fingerprint density at radius 3 is 2.57 bits per heavy atom. The summed E-state index contributed by atoms with van der Waals surface area (Å²) in [6, 6.07) is 4.03. The van der Waals surface area contributed by atoms with Crippen molar-refractivity contribution in [3.63, 3.8) is 0 Å². The van der Waals surface area contributed by atoms with E-state index in [-0.39, 0.29) is 4.90 Å². The molecule has 1 rings (SSSR count). The van der Waals surface area contributed by atoms with Crippen molar-refractivity contribution in [1.29, 1.82) is 0 Å². The van der Waals surface area contributed by atoms with Crippen LogP contribution in [0.3, 0.4) is 0 Å². The molecule has 0 aliphatic rings. The van der Waals surface area contributed by atoms with E-state index in [1.165, 1.54) is 18.2 Å². The van der Waals surface area contributed by atoms with E-state index in [9.17, 15) is 8.42 Å². The number of hydrogen-bond acceptors (Lipinski definition) is 4. The Labute approximate surface area is 87.0 Å². The van der Waals surface area contributed by atoms with Gasteiger partial charge in [0, 0.05) is 0 Å². The van der Waals surface area contributed by atoms with E-state index >= 15 is 0 Å². The zero-order valence-electron chi connectivity index (χ0n) is 7.26. The molecule has 0 spiro atoms. The fourth-order valence-electron chi connectivity index (χ4n) is 0.963. The van der Waals surface area contributed by atoms with E-state index in [2.05, 4.69) is 22.4 Å². The highest BCUT2D eigenvalue weighted by atomic mass is 32.2. The SMILES string of the molecule is Cc1cc(S(=O)(=O)O)ccc1N=C=S. The highest BCUT2D eigenvalue weighted by Gasteiger charge is 2.10. The minimum atomic E-state index is -4.15. The first kappa shape index (κ1) is 11.0. The van der Waals surface area contributed by atoms with Crippen LogP contribution >= 0.6 is 12.2 Å². The molecule has 0 bridgehead atoms. The van der Waals surface area contributed by atoms with Crippen molar-refractivity contribution in [1.82, 2.24) is 0 Å². The summed E-state index contributed by atoms with van der Waals surface area (Å²) >= 11 is 4.42. The Kier molecular flexibility index (Phi) is 3.13. The maximum Gasteiger partial charge on any atom is 0.294 e. The normalized spacial score (nSPS) is 10.7. The summed E-state index contributed by atoms with van der Waals surface area (Å²) in [5.74, 6) is 0. The van der Waals surface area contributed by atoms with Gasteiger partial charge in [0.25, 0.3) is 10.1 Å². The van der Waals surface area contributed by atoms with Gasteiger partial charge in [-0.1, -0.05) is 0 Å². The summed E-state index contributed by atoms with van der Waals surface area (Å²) in [7, 11) is -4.15. The molecule has 1 N–H and O–H groups in total. The molecule has 0 fully saturated rings. The van der Waals surface area contributed by atoms with Crippen molar-refractivity contribution >= 4 is 33.2 Å². The number of hydrogen-bond donors (Lipinski definition) is 1. The maximum absolute atomic E-state index is 10.7. The first-order valence-electron chi connectivity index (χ1n) is 3.61. The number of rotatable bonds is 2. The van der Waals surface area contributed by atoms with Crippen molar-refractivity contribution in [2.75, 3.05) is 0 Å². The van der Waals surface area contributed by atoms with Crippen LogP contribution in [-0.4, -0.2) is 18.1 Å². The van der Waals surface area contributed by atoms with Crippen LogP contribution in [0.4, 0.5) is 5.69 Å². The van der Waals surface area contributed by atoms with Crippen molar-refractivity contribution in [3.05, 3.63) is 23.8 Å². The molecule has 1 aromatic carbocycles. The lowest BCUT2D eigenvalue weighted by atomic mass is 10.2. The topological polar surface area (TPSA) is 66.7 Å². The average Bonchev–Trinajstić information content (AvgIpc) is 2.07. The zero-order valence-corrected chi connectivity index (χ0v) is 8.89. The van der Waals surface area contributed by atoms with Gasteiger partial charge >= 0.3 is 0 Å². The Morgan fingerprint density at radius 2 is 2.14 bits per heavy atom. The van der Waals surface area contributed by atoms with Gasteiger partial charge in [-0.05, 0) is 42.9 Å². The third-order valence-electron chi connectivity index (χ3n) is 1.63. The van der Waals surface area contributed by atoms with E-state index in [1.807, 2.05) is 0 Å². The molecule has 0 radical (unpaired) electrons. The van der Waals surface area contributed by atoms with Crippen LogP contribution in [0.25, 0.3) is 0 Å². The Morgan fingerprint density at radius 1 is 1.50 bits per heavy atom. The second kappa shape index (κ2) is 3.98. The van der Waals surface area contributed by atoms with Crippen molar-refractivity contribution in [3.8, 4) is 0 Å². The number of aliphatic imine (C=N–C) groups is 1. The predicted octanol–water partition coefficient (Wildman–Crippen LogP) is 1.98. The van der Waals surface area contributed by atoms with Gasteiger partial charge in [0.15, 0.2) is 0 Å². The third kappa shape index (κ3) is 2.46.